The highest BCUT2D eigenvalue weighted by atomic mass is 16.5. The van der Waals surface area contributed by atoms with Crippen LogP contribution in [-0.2, 0) is 9.53 Å². The van der Waals surface area contributed by atoms with Crippen LogP contribution in [-0.4, -0.2) is 18.6 Å². The molecule has 1 N–H and O–H groups in total. The lowest BCUT2D eigenvalue weighted by atomic mass is 10.0. The molecule has 0 aliphatic carbocycles. The predicted octanol–water partition coefficient (Wildman–Crippen LogP) is 2.23. The molecule has 1 heterocycles. The summed E-state index contributed by atoms with van der Waals surface area (Å²) in [7, 11) is 0. The van der Waals surface area contributed by atoms with Gasteiger partial charge in [-0.1, -0.05) is 13.0 Å². The van der Waals surface area contributed by atoms with E-state index in [0.29, 0.717) is 17.9 Å². The Balaban J connectivity index is 2.14. The fraction of sp³-hybridized carbons (Fsp3) is 0.429. The largest absolute Gasteiger partial charge is 0.368 e. The van der Waals surface area contributed by atoms with Crippen LogP contribution >= 0.6 is 0 Å². The van der Waals surface area contributed by atoms with Crippen molar-refractivity contribution in [2.45, 2.75) is 26.4 Å². The minimum absolute atomic E-state index is 0.127. The minimum Gasteiger partial charge on any atom is -0.368 e. The van der Waals surface area contributed by atoms with Crippen LogP contribution in [0.25, 0.3) is 0 Å². The zero-order chi connectivity index (χ0) is 13.1. The second-order valence-corrected chi connectivity index (χ2v) is 4.69. The number of ether oxygens (including phenoxy) is 1. The molecule has 1 saturated heterocycles. The van der Waals surface area contributed by atoms with E-state index in [9.17, 15) is 4.79 Å². The molecular formula is C14H16N2O2. The number of rotatable bonds is 2. The molecule has 0 aromatic heterocycles. The number of aryl methyl sites for hydroxylation is 1. The van der Waals surface area contributed by atoms with E-state index < -0.39 is 0 Å². The maximum absolute atomic E-state index is 12.1. The highest BCUT2D eigenvalue weighted by Gasteiger charge is 2.31. The van der Waals surface area contributed by atoms with Crippen LogP contribution in [0.15, 0.2) is 18.2 Å². The van der Waals surface area contributed by atoms with Crippen LogP contribution in [0, 0.1) is 24.2 Å². The van der Waals surface area contributed by atoms with Crippen LogP contribution in [0.3, 0.4) is 0 Å². The number of benzene rings is 1. The first-order valence-corrected chi connectivity index (χ1v) is 6.05. The van der Waals surface area contributed by atoms with Crippen LogP contribution < -0.4 is 5.32 Å². The fourth-order valence-electron chi connectivity index (χ4n) is 2.06. The molecule has 1 aromatic rings. The molecule has 4 nitrogen and oxygen atoms in total. The first kappa shape index (κ1) is 12.6. The lowest BCUT2D eigenvalue weighted by Gasteiger charge is -2.15. The monoisotopic (exact) mass is 244 g/mol. The zero-order valence-corrected chi connectivity index (χ0v) is 10.6. The topological polar surface area (TPSA) is 62.1 Å². The number of nitrogens with zero attached hydrogens (tertiary/aromatic N) is 1. The molecule has 94 valence electrons. The molecule has 4 heteroatoms. The molecular weight excluding hydrogens is 228 g/mol. The summed E-state index contributed by atoms with van der Waals surface area (Å²) >= 11 is 0. The normalized spacial score (nSPS) is 22.5. The zero-order valence-electron chi connectivity index (χ0n) is 10.6. The van der Waals surface area contributed by atoms with Gasteiger partial charge in [-0.3, -0.25) is 4.79 Å². The van der Waals surface area contributed by atoms with Crippen molar-refractivity contribution in [1.29, 1.82) is 5.26 Å². The SMILES string of the molecule is Cc1ccc(C#N)cc1NC(=O)C1OCCC1C. The molecule has 0 radical (unpaired) electrons. The molecule has 1 aliphatic rings. The highest BCUT2D eigenvalue weighted by molar-refractivity contribution is 5.95. The molecule has 0 bridgehead atoms. The number of carbonyl (C=O) groups is 1. The fourth-order valence-corrected chi connectivity index (χ4v) is 2.06. The van der Waals surface area contributed by atoms with Crippen molar-refractivity contribution in [2.24, 2.45) is 5.92 Å². The van der Waals surface area contributed by atoms with Crippen molar-refractivity contribution in [1.82, 2.24) is 0 Å². The number of anilines is 1. The molecule has 1 aromatic carbocycles. The van der Waals surface area contributed by atoms with Gasteiger partial charge in [0.2, 0.25) is 0 Å². The van der Waals surface area contributed by atoms with Crippen molar-refractivity contribution < 1.29 is 9.53 Å². The van der Waals surface area contributed by atoms with Gasteiger partial charge in [0.05, 0.1) is 11.6 Å². The summed E-state index contributed by atoms with van der Waals surface area (Å²) < 4.78 is 5.42. The molecule has 2 rings (SSSR count). The molecule has 2 unspecified atom stereocenters. The summed E-state index contributed by atoms with van der Waals surface area (Å²) in [6.07, 6.45) is 0.533. The second-order valence-electron chi connectivity index (χ2n) is 4.69. The number of amides is 1. The van der Waals surface area contributed by atoms with E-state index in [0.717, 1.165) is 12.0 Å². The van der Waals surface area contributed by atoms with E-state index in [1.807, 2.05) is 19.9 Å². The smallest absolute Gasteiger partial charge is 0.253 e. The summed E-state index contributed by atoms with van der Waals surface area (Å²) in [4.78, 5) is 12.1. The Morgan fingerprint density at radius 1 is 1.56 bits per heavy atom. The summed E-state index contributed by atoms with van der Waals surface area (Å²) in [6, 6.07) is 7.31. The minimum atomic E-state index is -0.379. The van der Waals surface area contributed by atoms with Crippen molar-refractivity contribution in [3.63, 3.8) is 0 Å². The van der Waals surface area contributed by atoms with Gasteiger partial charge in [0.15, 0.2) is 0 Å². The average molecular weight is 244 g/mol. The molecule has 1 fully saturated rings. The van der Waals surface area contributed by atoms with Crippen molar-refractivity contribution in [3.8, 4) is 6.07 Å². The molecule has 18 heavy (non-hydrogen) atoms. The van der Waals surface area contributed by atoms with Gasteiger partial charge in [-0.05, 0) is 37.0 Å². The summed E-state index contributed by atoms with van der Waals surface area (Å²) in [5, 5.41) is 11.7. The number of carbonyl (C=O) groups excluding carboxylic acids is 1. The third kappa shape index (κ3) is 2.52. The van der Waals surface area contributed by atoms with Gasteiger partial charge in [0.25, 0.3) is 5.91 Å². The maximum atomic E-state index is 12.1. The van der Waals surface area contributed by atoms with Crippen molar-refractivity contribution in [2.75, 3.05) is 11.9 Å². The summed E-state index contributed by atoms with van der Waals surface area (Å²) in [5.74, 6) is 0.114. The van der Waals surface area contributed by atoms with Gasteiger partial charge >= 0.3 is 0 Å². The predicted molar refractivity (Wildman–Crippen MR) is 68.0 cm³/mol. The quantitative estimate of drug-likeness (QED) is 0.867. The van der Waals surface area contributed by atoms with Crippen LogP contribution in [0.2, 0.25) is 0 Å². The van der Waals surface area contributed by atoms with E-state index in [4.69, 9.17) is 10.00 Å². The van der Waals surface area contributed by atoms with E-state index >= 15 is 0 Å². The Labute approximate surface area is 107 Å². The van der Waals surface area contributed by atoms with E-state index in [1.54, 1.807) is 12.1 Å². The second kappa shape index (κ2) is 5.19. The first-order chi connectivity index (χ1) is 8.61. The Kier molecular flexibility index (Phi) is 3.63. The Hall–Kier alpha value is -1.86. The number of nitrogens with one attached hydrogen (secondary N) is 1. The third-order valence-corrected chi connectivity index (χ3v) is 3.27. The number of nitriles is 1. The lowest BCUT2D eigenvalue weighted by Crippen LogP contribution is -2.31. The number of hydrogen-bond acceptors (Lipinski definition) is 3. The Morgan fingerprint density at radius 3 is 2.94 bits per heavy atom. The van der Waals surface area contributed by atoms with Crippen LogP contribution in [0.5, 0.6) is 0 Å². The van der Waals surface area contributed by atoms with Crippen LogP contribution in [0.4, 0.5) is 5.69 Å². The summed E-state index contributed by atoms with van der Waals surface area (Å²) in [6.45, 7) is 4.54. The average Bonchev–Trinajstić information content (AvgIpc) is 2.78. The lowest BCUT2D eigenvalue weighted by molar-refractivity contribution is -0.126. The van der Waals surface area contributed by atoms with Crippen LogP contribution in [0.1, 0.15) is 24.5 Å². The maximum Gasteiger partial charge on any atom is 0.253 e. The van der Waals surface area contributed by atoms with Gasteiger partial charge in [-0.2, -0.15) is 5.26 Å². The van der Waals surface area contributed by atoms with Gasteiger partial charge in [0.1, 0.15) is 6.10 Å². The van der Waals surface area contributed by atoms with E-state index in [-0.39, 0.29) is 17.9 Å². The summed E-state index contributed by atoms with van der Waals surface area (Å²) in [5.41, 5.74) is 2.16. The number of hydrogen-bond donors (Lipinski definition) is 1. The van der Waals surface area contributed by atoms with Crippen molar-refractivity contribution in [3.05, 3.63) is 29.3 Å². The van der Waals surface area contributed by atoms with Gasteiger partial charge < -0.3 is 10.1 Å². The van der Waals surface area contributed by atoms with E-state index in [2.05, 4.69) is 11.4 Å². The Bertz CT molecular complexity index is 505. The highest BCUT2D eigenvalue weighted by Crippen LogP contribution is 2.23. The molecule has 1 amide bonds. The van der Waals surface area contributed by atoms with E-state index in [1.165, 1.54) is 0 Å². The van der Waals surface area contributed by atoms with Crippen molar-refractivity contribution >= 4 is 11.6 Å². The standard InChI is InChI=1S/C14H16N2O2/c1-9-3-4-11(8-15)7-12(9)16-14(17)13-10(2)5-6-18-13/h3-4,7,10,13H,5-6H2,1-2H3,(H,16,17). The van der Waals surface area contributed by atoms with Gasteiger partial charge in [0, 0.05) is 12.3 Å². The third-order valence-electron chi connectivity index (χ3n) is 3.27. The molecule has 0 spiro atoms. The van der Waals surface area contributed by atoms with Gasteiger partial charge in [-0.15, -0.1) is 0 Å². The molecule has 2 atom stereocenters. The van der Waals surface area contributed by atoms with Gasteiger partial charge in [-0.25, -0.2) is 0 Å². The molecule has 0 saturated carbocycles. The Morgan fingerprint density at radius 2 is 2.33 bits per heavy atom. The first-order valence-electron chi connectivity index (χ1n) is 6.05. The molecule has 1 aliphatic heterocycles.